The number of anilines is 2. The summed E-state index contributed by atoms with van der Waals surface area (Å²) in [6.07, 6.45) is 6.32. The SMILES string of the molecule is CNc1ccc(NCCCn2ccnc2)c2c1C(=O)c1ccccc1C2=O. The van der Waals surface area contributed by atoms with Gasteiger partial charge >= 0.3 is 0 Å². The van der Waals surface area contributed by atoms with Gasteiger partial charge in [0.25, 0.3) is 0 Å². The van der Waals surface area contributed by atoms with Gasteiger partial charge in [0.05, 0.1) is 17.5 Å². The van der Waals surface area contributed by atoms with Crippen LogP contribution in [0.1, 0.15) is 38.3 Å². The molecule has 4 rings (SSSR count). The Morgan fingerprint density at radius 3 is 2.26 bits per heavy atom. The third-order valence-electron chi connectivity index (χ3n) is 4.81. The van der Waals surface area contributed by atoms with E-state index in [9.17, 15) is 9.59 Å². The summed E-state index contributed by atoms with van der Waals surface area (Å²) in [5, 5.41) is 6.37. The molecule has 0 bridgehead atoms. The summed E-state index contributed by atoms with van der Waals surface area (Å²) < 4.78 is 2.01. The van der Waals surface area contributed by atoms with Crippen molar-refractivity contribution < 1.29 is 9.59 Å². The molecule has 2 aromatic carbocycles. The molecule has 0 radical (unpaired) electrons. The molecule has 0 atom stereocenters. The lowest BCUT2D eigenvalue weighted by atomic mass is 9.82. The summed E-state index contributed by atoms with van der Waals surface area (Å²) in [5.41, 5.74) is 3.19. The minimum atomic E-state index is -0.119. The standard InChI is InChI=1S/C21H20N4O2/c1-22-16-7-8-17(24-9-4-11-25-12-10-23-13-25)19-18(16)20(26)14-5-2-3-6-15(14)21(19)27/h2-3,5-8,10,12-13,22,24H,4,9,11H2,1H3. The van der Waals surface area contributed by atoms with Crippen LogP contribution >= 0.6 is 0 Å². The first-order valence-electron chi connectivity index (χ1n) is 8.93. The van der Waals surface area contributed by atoms with Gasteiger partial charge in [-0.25, -0.2) is 4.98 Å². The fraction of sp³-hybridized carbons (Fsp3) is 0.190. The van der Waals surface area contributed by atoms with E-state index in [0.717, 1.165) is 13.0 Å². The topological polar surface area (TPSA) is 76.0 Å². The first-order chi connectivity index (χ1) is 13.2. The highest BCUT2D eigenvalue weighted by Gasteiger charge is 2.33. The molecule has 136 valence electrons. The molecular formula is C21H20N4O2. The number of ketones is 2. The highest BCUT2D eigenvalue weighted by molar-refractivity contribution is 6.31. The molecule has 0 aliphatic heterocycles. The minimum absolute atomic E-state index is 0.116. The number of hydrogen-bond acceptors (Lipinski definition) is 5. The summed E-state index contributed by atoms with van der Waals surface area (Å²) in [6.45, 7) is 1.52. The van der Waals surface area contributed by atoms with Crippen molar-refractivity contribution in [2.75, 3.05) is 24.2 Å². The van der Waals surface area contributed by atoms with Gasteiger partial charge in [-0.15, -0.1) is 0 Å². The fourth-order valence-corrected chi connectivity index (χ4v) is 3.48. The van der Waals surface area contributed by atoms with Gasteiger partial charge in [0.1, 0.15) is 0 Å². The van der Waals surface area contributed by atoms with E-state index < -0.39 is 0 Å². The van der Waals surface area contributed by atoms with Crippen LogP contribution in [0.4, 0.5) is 11.4 Å². The van der Waals surface area contributed by atoms with Gasteiger partial charge in [0, 0.05) is 55.0 Å². The smallest absolute Gasteiger partial charge is 0.196 e. The van der Waals surface area contributed by atoms with Gasteiger partial charge in [0.15, 0.2) is 11.6 Å². The van der Waals surface area contributed by atoms with Gasteiger partial charge in [-0.2, -0.15) is 0 Å². The van der Waals surface area contributed by atoms with Crippen molar-refractivity contribution in [2.24, 2.45) is 0 Å². The first-order valence-corrected chi connectivity index (χ1v) is 8.93. The Morgan fingerprint density at radius 2 is 1.63 bits per heavy atom. The third-order valence-corrected chi connectivity index (χ3v) is 4.81. The number of benzene rings is 2. The van der Waals surface area contributed by atoms with Crippen LogP contribution in [-0.4, -0.2) is 34.7 Å². The summed E-state index contributed by atoms with van der Waals surface area (Å²) in [4.78, 5) is 30.2. The summed E-state index contributed by atoms with van der Waals surface area (Å²) in [6, 6.07) is 10.7. The van der Waals surface area contributed by atoms with Gasteiger partial charge in [0.2, 0.25) is 0 Å². The van der Waals surface area contributed by atoms with Crippen molar-refractivity contribution in [1.82, 2.24) is 9.55 Å². The average molecular weight is 360 g/mol. The van der Waals surface area contributed by atoms with E-state index in [0.29, 0.717) is 40.2 Å². The maximum Gasteiger partial charge on any atom is 0.196 e. The number of fused-ring (bicyclic) bond motifs is 2. The van der Waals surface area contributed by atoms with Crippen molar-refractivity contribution in [2.45, 2.75) is 13.0 Å². The number of rotatable bonds is 6. The lowest BCUT2D eigenvalue weighted by Gasteiger charge is -2.23. The second-order valence-electron chi connectivity index (χ2n) is 6.45. The quantitative estimate of drug-likeness (QED) is 0.517. The molecule has 6 heteroatoms. The number of nitrogens with zero attached hydrogens (tertiary/aromatic N) is 2. The molecule has 0 unspecified atom stereocenters. The van der Waals surface area contributed by atoms with Crippen molar-refractivity contribution >= 4 is 22.9 Å². The zero-order valence-corrected chi connectivity index (χ0v) is 15.0. The Balaban J connectivity index is 1.64. The van der Waals surface area contributed by atoms with Crippen molar-refractivity contribution in [1.29, 1.82) is 0 Å². The predicted molar refractivity (Wildman–Crippen MR) is 105 cm³/mol. The summed E-state index contributed by atoms with van der Waals surface area (Å²) in [5.74, 6) is -0.235. The monoisotopic (exact) mass is 360 g/mol. The van der Waals surface area contributed by atoms with Gasteiger partial charge in [-0.1, -0.05) is 24.3 Å². The Bertz CT molecular complexity index is 1010. The zero-order chi connectivity index (χ0) is 18.8. The second kappa shape index (κ2) is 7.07. The van der Waals surface area contributed by atoms with Crippen LogP contribution in [0.3, 0.4) is 0 Å². The number of aryl methyl sites for hydroxylation is 1. The van der Waals surface area contributed by atoms with Gasteiger partial charge in [-0.3, -0.25) is 9.59 Å². The van der Waals surface area contributed by atoms with E-state index >= 15 is 0 Å². The molecular weight excluding hydrogens is 340 g/mol. The molecule has 1 aliphatic rings. The minimum Gasteiger partial charge on any atom is -0.388 e. The Kier molecular flexibility index (Phi) is 4.46. The van der Waals surface area contributed by atoms with Gasteiger partial charge < -0.3 is 15.2 Å². The summed E-state index contributed by atoms with van der Waals surface area (Å²) >= 11 is 0. The maximum absolute atomic E-state index is 13.1. The second-order valence-corrected chi connectivity index (χ2v) is 6.45. The first kappa shape index (κ1) is 17.0. The van der Waals surface area contributed by atoms with E-state index in [1.165, 1.54) is 0 Å². The predicted octanol–water partition coefficient (Wildman–Crippen LogP) is 3.20. The maximum atomic E-state index is 13.1. The largest absolute Gasteiger partial charge is 0.388 e. The van der Waals surface area contributed by atoms with Crippen LogP contribution in [-0.2, 0) is 6.54 Å². The normalized spacial score (nSPS) is 12.5. The number of carbonyl (C=O) groups is 2. The molecule has 27 heavy (non-hydrogen) atoms. The number of hydrogen-bond donors (Lipinski definition) is 2. The molecule has 0 saturated carbocycles. The van der Waals surface area contributed by atoms with Crippen LogP contribution in [0, 0.1) is 0 Å². The van der Waals surface area contributed by atoms with Crippen molar-refractivity contribution in [3.8, 4) is 0 Å². The Labute approximate surface area is 157 Å². The van der Waals surface area contributed by atoms with Crippen LogP contribution in [0.25, 0.3) is 0 Å². The van der Waals surface area contributed by atoms with Crippen molar-refractivity contribution in [3.63, 3.8) is 0 Å². The van der Waals surface area contributed by atoms with E-state index in [4.69, 9.17) is 0 Å². The summed E-state index contributed by atoms with van der Waals surface area (Å²) in [7, 11) is 1.76. The van der Waals surface area contributed by atoms with E-state index in [1.807, 2.05) is 22.9 Å². The van der Waals surface area contributed by atoms with E-state index in [2.05, 4.69) is 15.6 Å². The number of carbonyl (C=O) groups excluding carboxylic acids is 2. The molecule has 0 saturated heterocycles. The molecule has 1 aromatic heterocycles. The highest BCUT2D eigenvalue weighted by Crippen LogP contribution is 2.36. The lowest BCUT2D eigenvalue weighted by molar-refractivity contribution is 0.0980. The third kappa shape index (κ3) is 2.99. The zero-order valence-electron chi connectivity index (χ0n) is 15.0. The van der Waals surface area contributed by atoms with Crippen LogP contribution in [0.5, 0.6) is 0 Å². The number of nitrogens with one attached hydrogen (secondary N) is 2. The average Bonchev–Trinajstić information content (AvgIpc) is 3.22. The molecule has 0 amide bonds. The lowest BCUT2D eigenvalue weighted by Crippen LogP contribution is -2.24. The van der Waals surface area contributed by atoms with Crippen molar-refractivity contribution in [3.05, 3.63) is 77.4 Å². The molecule has 3 aromatic rings. The van der Waals surface area contributed by atoms with Gasteiger partial charge in [-0.05, 0) is 18.6 Å². The van der Waals surface area contributed by atoms with E-state index in [-0.39, 0.29) is 11.6 Å². The Hall–Kier alpha value is -3.41. The number of imidazole rings is 1. The molecule has 1 heterocycles. The molecule has 1 aliphatic carbocycles. The molecule has 2 N–H and O–H groups in total. The molecule has 0 fully saturated rings. The molecule has 6 nitrogen and oxygen atoms in total. The molecule has 0 spiro atoms. The number of aromatic nitrogens is 2. The van der Waals surface area contributed by atoms with Crippen LogP contribution in [0.2, 0.25) is 0 Å². The van der Waals surface area contributed by atoms with E-state index in [1.54, 1.807) is 43.8 Å². The van der Waals surface area contributed by atoms with Crippen LogP contribution in [0.15, 0.2) is 55.1 Å². The fourth-order valence-electron chi connectivity index (χ4n) is 3.48. The van der Waals surface area contributed by atoms with Crippen LogP contribution < -0.4 is 10.6 Å². The highest BCUT2D eigenvalue weighted by atomic mass is 16.1. The Morgan fingerprint density at radius 1 is 0.963 bits per heavy atom.